The molecule has 0 aromatic heterocycles. The van der Waals surface area contributed by atoms with E-state index in [-0.39, 0.29) is 17.9 Å². The lowest BCUT2D eigenvalue weighted by Crippen LogP contribution is -2.35. The van der Waals surface area contributed by atoms with Crippen LogP contribution in [0.2, 0.25) is 0 Å². The largest absolute Gasteiger partial charge is 0.497 e. The first-order chi connectivity index (χ1) is 10.3. The second-order valence-corrected chi connectivity index (χ2v) is 6.39. The van der Waals surface area contributed by atoms with Crippen LogP contribution in [0.1, 0.15) is 45.1 Å². The molecule has 1 aromatic carbocycles. The number of nitrogens with zero attached hydrogens (tertiary/aromatic N) is 1. The number of carbonyl (C=O) groups is 1. The summed E-state index contributed by atoms with van der Waals surface area (Å²) < 4.78 is 5.24. The van der Waals surface area contributed by atoms with E-state index >= 15 is 0 Å². The summed E-state index contributed by atoms with van der Waals surface area (Å²) in [6.45, 7) is 7.00. The zero-order valence-electron chi connectivity index (χ0n) is 14.5. The molecule has 1 amide bonds. The lowest BCUT2D eigenvalue weighted by molar-refractivity contribution is -0.130. The maximum atomic E-state index is 12.3. The molecule has 2 N–H and O–H groups in total. The lowest BCUT2D eigenvalue weighted by Gasteiger charge is -2.23. The number of rotatable bonds is 8. The number of hydrogen-bond acceptors (Lipinski definition) is 3. The van der Waals surface area contributed by atoms with Gasteiger partial charge in [-0.3, -0.25) is 4.79 Å². The van der Waals surface area contributed by atoms with E-state index in [1.165, 1.54) is 0 Å². The van der Waals surface area contributed by atoms with Gasteiger partial charge < -0.3 is 15.4 Å². The van der Waals surface area contributed by atoms with E-state index in [9.17, 15) is 4.79 Å². The molecule has 0 aliphatic rings. The number of ether oxygens (including phenoxy) is 1. The summed E-state index contributed by atoms with van der Waals surface area (Å²) in [5, 5.41) is 0. The molecule has 0 saturated carbocycles. The molecule has 0 aliphatic heterocycles. The van der Waals surface area contributed by atoms with Crippen molar-refractivity contribution in [2.24, 2.45) is 11.7 Å². The summed E-state index contributed by atoms with van der Waals surface area (Å²) in [5.74, 6) is 1.60. The quantitative estimate of drug-likeness (QED) is 0.803. The zero-order valence-corrected chi connectivity index (χ0v) is 14.5. The van der Waals surface area contributed by atoms with Gasteiger partial charge in [-0.15, -0.1) is 0 Å². The SMILES string of the molecule is COc1cccc(C(C)CC(=O)N(C)CCC(N)C(C)C)c1. The van der Waals surface area contributed by atoms with Crippen LogP contribution in [0.3, 0.4) is 0 Å². The van der Waals surface area contributed by atoms with Crippen molar-refractivity contribution in [3.63, 3.8) is 0 Å². The molecule has 1 aromatic rings. The van der Waals surface area contributed by atoms with Crippen molar-refractivity contribution >= 4 is 5.91 Å². The van der Waals surface area contributed by atoms with Gasteiger partial charge in [-0.2, -0.15) is 0 Å². The van der Waals surface area contributed by atoms with Gasteiger partial charge in [0.05, 0.1) is 7.11 Å². The van der Waals surface area contributed by atoms with Crippen LogP contribution >= 0.6 is 0 Å². The molecule has 22 heavy (non-hydrogen) atoms. The summed E-state index contributed by atoms with van der Waals surface area (Å²) in [5.41, 5.74) is 7.16. The van der Waals surface area contributed by atoms with Crippen LogP contribution in [0.4, 0.5) is 0 Å². The Bertz CT molecular complexity index is 474. The molecule has 0 radical (unpaired) electrons. The summed E-state index contributed by atoms with van der Waals surface area (Å²) in [6, 6.07) is 8.05. The highest BCUT2D eigenvalue weighted by Gasteiger charge is 2.16. The van der Waals surface area contributed by atoms with Crippen LogP contribution in [0.5, 0.6) is 5.75 Å². The van der Waals surface area contributed by atoms with E-state index < -0.39 is 0 Å². The number of hydrogen-bond donors (Lipinski definition) is 1. The Balaban J connectivity index is 2.52. The number of amides is 1. The summed E-state index contributed by atoms with van der Waals surface area (Å²) in [4.78, 5) is 14.1. The van der Waals surface area contributed by atoms with Crippen LogP contribution in [-0.2, 0) is 4.79 Å². The van der Waals surface area contributed by atoms with E-state index in [4.69, 9.17) is 10.5 Å². The van der Waals surface area contributed by atoms with Crippen molar-refractivity contribution in [2.75, 3.05) is 20.7 Å². The number of methoxy groups -OCH3 is 1. The number of benzene rings is 1. The van der Waals surface area contributed by atoms with Crippen molar-refractivity contribution in [3.05, 3.63) is 29.8 Å². The van der Waals surface area contributed by atoms with Gasteiger partial charge in [-0.05, 0) is 36.0 Å². The maximum Gasteiger partial charge on any atom is 0.222 e. The number of nitrogens with two attached hydrogens (primary N) is 1. The zero-order chi connectivity index (χ0) is 16.7. The van der Waals surface area contributed by atoms with Crippen molar-refractivity contribution in [1.82, 2.24) is 4.90 Å². The van der Waals surface area contributed by atoms with Gasteiger partial charge in [-0.1, -0.05) is 32.9 Å². The molecule has 4 nitrogen and oxygen atoms in total. The third-order valence-corrected chi connectivity index (χ3v) is 4.22. The minimum absolute atomic E-state index is 0.144. The smallest absolute Gasteiger partial charge is 0.222 e. The standard InChI is InChI=1S/C18H30N2O2/c1-13(2)17(19)9-10-20(4)18(21)11-14(3)15-7-6-8-16(12-15)22-5/h6-8,12-14,17H,9-11,19H2,1-5H3. The average Bonchev–Trinajstić information content (AvgIpc) is 2.51. The normalized spacial score (nSPS) is 13.8. The molecular formula is C18H30N2O2. The Morgan fingerprint density at radius 3 is 2.59 bits per heavy atom. The van der Waals surface area contributed by atoms with Crippen LogP contribution in [-0.4, -0.2) is 37.6 Å². The summed E-state index contributed by atoms with van der Waals surface area (Å²) in [7, 11) is 3.51. The van der Waals surface area contributed by atoms with Crippen molar-refractivity contribution in [2.45, 2.75) is 45.6 Å². The average molecular weight is 306 g/mol. The fourth-order valence-corrected chi connectivity index (χ4v) is 2.28. The second-order valence-electron chi connectivity index (χ2n) is 6.39. The Morgan fingerprint density at radius 1 is 1.32 bits per heavy atom. The molecule has 2 unspecified atom stereocenters. The Morgan fingerprint density at radius 2 is 2.00 bits per heavy atom. The first-order valence-corrected chi connectivity index (χ1v) is 7.98. The predicted octanol–water partition coefficient (Wildman–Crippen LogP) is 3.02. The van der Waals surface area contributed by atoms with E-state index in [2.05, 4.69) is 20.8 Å². The van der Waals surface area contributed by atoms with Gasteiger partial charge in [0.15, 0.2) is 0 Å². The molecule has 0 bridgehead atoms. The molecule has 124 valence electrons. The van der Waals surface area contributed by atoms with Gasteiger partial charge in [0.1, 0.15) is 5.75 Å². The van der Waals surface area contributed by atoms with Crippen LogP contribution < -0.4 is 10.5 Å². The third kappa shape index (κ3) is 5.68. The van der Waals surface area contributed by atoms with Gasteiger partial charge >= 0.3 is 0 Å². The van der Waals surface area contributed by atoms with E-state index in [0.29, 0.717) is 18.9 Å². The molecule has 0 aliphatic carbocycles. The minimum Gasteiger partial charge on any atom is -0.497 e. The van der Waals surface area contributed by atoms with Gasteiger partial charge in [0.2, 0.25) is 5.91 Å². The molecular weight excluding hydrogens is 276 g/mol. The Labute approximate surface area is 134 Å². The highest BCUT2D eigenvalue weighted by Crippen LogP contribution is 2.23. The van der Waals surface area contributed by atoms with Gasteiger partial charge in [-0.25, -0.2) is 0 Å². The lowest BCUT2D eigenvalue weighted by atomic mass is 9.96. The van der Waals surface area contributed by atoms with Gasteiger partial charge in [0, 0.05) is 26.1 Å². The monoisotopic (exact) mass is 306 g/mol. The van der Waals surface area contributed by atoms with Crippen LogP contribution in [0, 0.1) is 5.92 Å². The third-order valence-electron chi connectivity index (χ3n) is 4.22. The second kappa shape index (κ2) is 8.79. The van der Waals surface area contributed by atoms with E-state index in [1.807, 2.05) is 31.3 Å². The van der Waals surface area contributed by atoms with Crippen molar-refractivity contribution in [3.8, 4) is 5.75 Å². The molecule has 0 heterocycles. The molecule has 2 atom stereocenters. The van der Waals surface area contributed by atoms with Crippen LogP contribution in [0.15, 0.2) is 24.3 Å². The highest BCUT2D eigenvalue weighted by molar-refractivity contribution is 5.76. The number of carbonyl (C=O) groups excluding carboxylic acids is 1. The Hall–Kier alpha value is -1.55. The first-order valence-electron chi connectivity index (χ1n) is 7.98. The molecule has 0 spiro atoms. The highest BCUT2D eigenvalue weighted by atomic mass is 16.5. The fourth-order valence-electron chi connectivity index (χ4n) is 2.28. The minimum atomic E-state index is 0.144. The molecule has 0 saturated heterocycles. The van der Waals surface area contributed by atoms with Gasteiger partial charge in [0.25, 0.3) is 0 Å². The first kappa shape index (κ1) is 18.5. The summed E-state index contributed by atoms with van der Waals surface area (Å²) in [6.07, 6.45) is 1.34. The summed E-state index contributed by atoms with van der Waals surface area (Å²) >= 11 is 0. The van der Waals surface area contributed by atoms with Crippen molar-refractivity contribution < 1.29 is 9.53 Å². The fraction of sp³-hybridized carbons (Fsp3) is 0.611. The predicted molar refractivity (Wildman–Crippen MR) is 91.1 cm³/mol. The van der Waals surface area contributed by atoms with Crippen LogP contribution in [0.25, 0.3) is 0 Å². The Kier molecular flexibility index (Phi) is 7.39. The van der Waals surface area contributed by atoms with E-state index in [0.717, 1.165) is 17.7 Å². The van der Waals surface area contributed by atoms with E-state index in [1.54, 1.807) is 12.0 Å². The molecule has 1 rings (SSSR count). The molecule has 0 fully saturated rings. The molecule has 4 heteroatoms. The van der Waals surface area contributed by atoms with Crippen molar-refractivity contribution in [1.29, 1.82) is 0 Å². The topological polar surface area (TPSA) is 55.6 Å². The maximum absolute atomic E-state index is 12.3.